The van der Waals surface area contributed by atoms with Crippen molar-refractivity contribution in [2.24, 2.45) is 11.7 Å². The van der Waals surface area contributed by atoms with Crippen LogP contribution in [-0.2, 0) is 9.59 Å². The molecule has 4 N–H and O–H groups in total. The Balaban J connectivity index is 3.75. The van der Waals surface area contributed by atoms with E-state index in [1.807, 2.05) is 0 Å². The van der Waals surface area contributed by atoms with E-state index in [-0.39, 0.29) is 18.9 Å². The second kappa shape index (κ2) is 9.15. The molecule has 94 valence electrons. The van der Waals surface area contributed by atoms with Gasteiger partial charge in [0.2, 0.25) is 5.91 Å². The van der Waals surface area contributed by atoms with E-state index in [4.69, 9.17) is 10.8 Å². The molecule has 0 aliphatic rings. The molecule has 1 unspecified atom stereocenters. The van der Waals surface area contributed by atoms with E-state index >= 15 is 0 Å². The van der Waals surface area contributed by atoms with Gasteiger partial charge in [0.05, 0.1) is 6.54 Å². The molecule has 16 heavy (non-hydrogen) atoms. The molecule has 0 saturated carbocycles. The van der Waals surface area contributed by atoms with Gasteiger partial charge in [0.25, 0.3) is 0 Å². The number of rotatable bonds is 9. The van der Waals surface area contributed by atoms with Gasteiger partial charge in [0.15, 0.2) is 0 Å². The minimum atomic E-state index is -0.757. The van der Waals surface area contributed by atoms with E-state index < -0.39 is 5.97 Å². The second-order valence-electron chi connectivity index (χ2n) is 3.93. The lowest BCUT2D eigenvalue weighted by Crippen LogP contribution is -2.31. The van der Waals surface area contributed by atoms with Crippen molar-refractivity contribution in [1.29, 1.82) is 0 Å². The number of carbonyl (C=O) groups excluding carboxylic acids is 1. The number of carbonyl (C=O) groups is 2. The Hall–Kier alpha value is -1.10. The number of hydrogen-bond acceptors (Lipinski definition) is 3. The lowest BCUT2D eigenvalue weighted by Gasteiger charge is -2.15. The number of aliphatic carboxylic acids is 1. The van der Waals surface area contributed by atoms with Crippen molar-refractivity contribution in [1.82, 2.24) is 5.32 Å². The smallest absolute Gasteiger partial charge is 0.303 e. The molecule has 5 nitrogen and oxygen atoms in total. The Morgan fingerprint density at radius 3 is 2.50 bits per heavy atom. The minimum Gasteiger partial charge on any atom is -0.481 e. The van der Waals surface area contributed by atoms with Crippen LogP contribution in [0.3, 0.4) is 0 Å². The van der Waals surface area contributed by atoms with Crippen molar-refractivity contribution >= 4 is 11.9 Å². The van der Waals surface area contributed by atoms with Crippen LogP contribution in [-0.4, -0.2) is 30.1 Å². The number of carboxylic acid groups (broad SMARTS) is 1. The fourth-order valence-electron chi connectivity index (χ4n) is 1.66. The zero-order chi connectivity index (χ0) is 12.4. The van der Waals surface area contributed by atoms with E-state index in [1.165, 1.54) is 0 Å². The van der Waals surface area contributed by atoms with Crippen molar-refractivity contribution in [3.63, 3.8) is 0 Å². The van der Waals surface area contributed by atoms with Crippen LogP contribution in [0, 0.1) is 5.92 Å². The van der Waals surface area contributed by atoms with E-state index in [0.717, 1.165) is 19.3 Å². The molecule has 1 amide bonds. The van der Waals surface area contributed by atoms with E-state index in [1.54, 1.807) is 0 Å². The first-order valence-corrected chi connectivity index (χ1v) is 5.78. The van der Waals surface area contributed by atoms with Gasteiger partial charge < -0.3 is 16.2 Å². The summed E-state index contributed by atoms with van der Waals surface area (Å²) >= 11 is 0. The van der Waals surface area contributed by atoms with Crippen molar-refractivity contribution in [2.75, 3.05) is 13.1 Å². The Morgan fingerprint density at radius 2 is 2.00 bits per heavy atom. The summed E-state index contributed by atoms with van der Waals surface area (Å²) in [4.78, 5) is 21.3. The lowest BCUT2D eigenvalue weighted by atomic mass is 9.94. The van der Waals surface area contributed by atoms with Crippen LogP contribution in [0.25, 0.3) is 0 Å². The van der Waals surface area contributed by atoms with Crippen LogP contribution in [0.2, 0.25) is 0 Å². The Kier molecular flexibility index (Phi) is 8.52. The Labute approximate surface area is 96.4 Å². The van der Waals surface area contributed by atoms with Crippen molar-refractivity contribution < 1.29 is 14.7 Å². The highest BCUT2D eigenvalue weighted by molar-refractivity contribution is 5.77. The number of nitrogens with one attached hydrogen (secondary N) is 1. The number of hydrogen-bond donors (Lipinski definition) is 3. The standard InChI is InChI=1S/C11H22N2O3/c1-2-3-9(4-5-11(15)16)6-7-13-10(14)8-12/h9H,2-8,12H2,1H3,(H,13,14)(H,15,16). The van der Waals surface area contributed by atoms with Gasteiger partial charge in [-0.05, 0) is 18.8 Å². The summed E-state index contributed by atoms with van der Waals surface area (Å²) in [6.45, 7) is 2.67. The molecular weight excluding hydrogens is 208 g/mol. The van der Waals surface area contributed by atoms with Crippen LogP contribution < -0.4 is 11.1 Å². The first-order valence-electron chi connectivity index (χ1n) is 5.78. The van der Waals surface area contributed by atoms with Gasteiger partial charge in [-0.2, -0.15) is 0 Å². The topological polar surface area (TPSA) is 92.4 Å². The zero-order valence-electron chi connectivity index (χ0n) is 9.87. The van der Waals surface area contributed by atoms with Crippen LogP contribution >= 0.6 is 0 Å². The molecule has 5 heteroatoms. The van der Waals surface area contributed by atoms with Gasteiger partial charge in [-0.1, -0.05) is 19.8 Å². The first-order chi connectivity index (χ1) is 7.60. The third-order valence-corrected chi connectivity index (χ3v) is 2.52. The second-order valence-corrected chi connectivity index (χ2v) is 3.93. The maximum Gasteiger partial charge on any atom is 0.303 e. The molecule has 0 bridgehead atoms. The van der Waals surface area contributed by atoms with Gasteiger partial charge >= 0.3 is 5.97 Å². The highest BCUT2D eigenvalue weighted by Gasteiger charge is 2.10. The van der Waals surface area contributed by atoms with Gasteiger partial charge in [-0.3, -0.25) is 9.59 Å². The third kappa shape index (κ3) is 8.23. The third-order valence-electron chi connectivity index (χ3n) is 2.52. The normalized spacial score (nSPS) is 12.1. The molecule has 0 fully saturated rings. The van der Waals surface area contributed by atoms with Crippen LogP contribution in [0.5, 0.6) is 0 Å². The van der Waals surface area contributed by atoms with Crippen molar-refractivity contribution in [3.8, 4) is 0 Å². The summed E-state index contributed by atoms with van der Waals surface area (Å²) in [6, 6.07) is 0. The summed E-state index contributed by atoms with van der Waals surface area (Å²) in [5.41, 5.74) is 5.16. The summed E-state index contributed by atoms with van der Waals surface area (Å²) in [6.07, 6.45) is 3.75. The maximum absolute atomic E-state index is 10.9. The number of carboxylic acids is 1. The molecule has 0 saturated heterocycles. The molecule has 0 heterocycles. The maximum atomic E-state index is 10.9. The molecule has 0 aromatic heterocycles. The minimum absolute atomic E-state index is 0.00751. The van der Waals surface area contributed by atoms with Gasteiger partial charge in [-0.25, -0.2) is 0 Å². The van der Waals surface area contributed by atoms with E-state index in [0.29, 0.717) is 18.9 Å². The fraction of sp³-hybridized carbons (Fsp3) is 0.818. The molecule has 0 aliphatic carbocycles. The van der Waals surface area contributed by atoms with E-state index in [9.17, 15) is 9.59 Å². The molecule has 0 spiro atoms. The summed E-state index contributed by atoms with van der Waals surface area (Å²) in [5, 5.41) is 11.3. The molecule has 0 rings (SSSR count). The average Bonchev–Trinajstić information content (AvgIpc) is 2.25. The molecule has 0 radical (unpaired) electrons. The van der Waals surface area contributed by atoms with Gasteiger partial charge in [0, 0.05) is 13.0 Å². The molecule has 0 aromatic carbocycles. The van der Waals surface area contributed by atoms with Crippen LogP contribution in [0.15, 0.2) is 0 Å². The van der Waals surface area contributed by atoms with Crippen LogP contribution in [0.4, 0.5) is 0 Å². The monoisotopic (exact) mass is 230 g/mol. The molecule has 0 aliphatic heterocycles. The van der Waals surface area contributed by atoms with E-state index in [2.05, 4.69) is 12.2 Å². The quantitative estimate of drug-likeness (QED) is 0.544. The highest BCUT2D eigenvalue weighted by Crippen LogP contribution is 2.16. The molecule has 0 aromatic rings. The fourth-order valence-corrected chi connectivity index (χ4v) is 1.66. The lowest BCUT2D eigenvalue weighted by molar-refractivity contribution is -0.137. The van der Waals surface area contributed by atoms with Crippen molar-refractivity contribution in [2.45, 2.75) is 39.0 Å². The number of nitrogens with two attached hydrogens (primary N) is 1. The largest absolute Gasteiger partial charge is 0.481 e. The van der Waals surface area contributed by atoms with Crippen LogP contribution in [0.1, 0.15) is 39.0 Å². The van der Waals surface area contributed by atoms with Gasteiger partial charge in [0.1, 0.15) is 0 Å². The first kappa shape index (κ1) is 14.9. The van der Waals surface area contributed by atoms with Gasteiger partial charge in [-0.15, -0.1) is 0 Å². The summed E-state index contributed by atoms with van der Waals surface area (Å²) in [7, 11) is 0. The predicted octanol–water partition coefficient (Wildman–Crippen LogP) is 0.733. The highest BCUT2D eigenvalue weighted by atomic mass is 16.4. The molecule has 1 atom stereocenters. The summed E-state index contributed by atoms with van der Waals surface area (Å²) in [5.74, 6) is -0.542. The number of amides is 1. The average molecular weight is 230 g/mol. The Morgan fingerprint density at radius 1 is 1.31 bits per heavy atom. The zero-order valence-corrected chi connectivity index (χ0v) is 9.87. The summed E-state index contributed by atoms with van der Waals surface area (Å²) < 4.78 is 0. The predicted molar refractivity (Wildman–Crippen MR) is 61.9 cm³/mol. The Bertz CT molecular complexity index is 219. The SMILES string of the molecule is CCCC(CCNC(=O)CN)CCC(=O)O. The molecular formula is C11H22N2O3. The van der Waals surface area contributed by atoms with Crippen molar-refractivity contribution in [3.05, 3.63) is 0 Å².